The largest absolute Gasteiger partial charge is 0.508 e. The van der Waals surface area contributed by atoms with Crippen molar-refractivity contribution in [1.29, 1.82) is 0 Å². The van der Waals surface area contributed by atoms with Crippen molar-refractivity contribution in [2.75, 3.05) is 19.6 Å². The van der Waals surface area contributed by atoms with Crippen molar-refractivity contribution in [1.82, 2.24) is 31.6 Å². The number of aryl methyl sites for hydroxylation is 1. The summed E-state index contributed by atoms with van der Waals surface area (Å²) in [4.78, 5) is 78.9. The molecule has 0 aliphatic carbocycles. The van der Waals surface area contributed by atoms with Crippen molar-refractivity contribution in [3.05, 3.63) is 54.2 Å². The van der Waals surface area contributed by atoms with Gasteiger partial charge in [-0.25, -0.2) is 14.6 Å². The number of alkyl carbamates (subject to hydrolysis) is 1. The Kier molecular flexibility index (Phi) is 13.0. The Balaban J connectivity index is 1.54. The number of epoxide rings is 1. The van der Waals surface area contributed by atoms with E-state index in [1.807, 2.05) is 0 Å². The number of phenolic OH excluding ortho intramolecular Hbond substituents is 1. The molecule has 1 saturated heterocycles. The molecule has 1 aliphatic heterocycles. The number of nitrogens with zero attached hydrogens (tertiary/aromatic N) is 1. The molecule has 16 heteroatoms. The van der Waals surface area contributed by atoms with Crippen LogP contribution < -0.4 is 31.3 Å². The van der Waals surface area contributed by atoms with E-state index in [0.29, 0.717) is 6.42 Å². The number of nitrogens with one attached hydrogen (secondary N) is 5. The quantitative estimate of drug-likeness (QED) is 0.109. The smallest absolute Gasteiger partial charge is 0.408 e. The predicted octanol–water partition coefficient (Wildman–Crippen LogP) is -0.161. The van der Waals surface area contributed by atoms with Gasteiger partial charge >= 0.3 is 12.1 Å². The number of esters is 1. The van der Waals surface area contributed by atoms with E-state index in [1.165, 1.54) is 31.3 Å². The molecule has 5 amide bonds. The van der Waals surface area contributed by atoms with Crippen molar-refractivity contribution in [2.24, 2.45) is 0 Å². The molecule has 0 saturated carbocycles. The van der Waals surface area contributed by atoms with E-state index in [0.717, 1.165) is 5.56 Å². The Morgan fingerprint density at radius 2 is 1.66 bits per heavy atom. The molecule has 1 aromatic heterocycles. The minimum atomic E-state index is -1.31. The number of hydrogen-bond acceptors (Lipinski definition) is 11. The molecule has 2 heterocycles. The maximum Gasteiger partial charge on any atom is 0.408 e. The highest BCUT2D eigenvalue weighted by Gasteiger charge is 2.46. The summed E-state index contributed by atoms with van der Waals surface area (Å²) in [5.41, 5.74) is -0.0652. The van der Waals surface area contributed by atoms with E-state index in [1.54, 1.807) is 45.0 Å². The Bertz CT molecular complexity index is 1410. The lowest BCUT2D eigenvalue weighted by Crippen LogP contribution is -2.58. The maximum absolute atomic E-state index is 13.4. The van der Waals surface area contributed by atoms with E-state index in [2.05, 4.69) is 31.6 Å². The molecule has 1 aromatic carbocycles. The van der Waals surface area contributed by atoms with Crippen LogP contribution in [0.5, 0.6) is 11.6 Å². The summed E-state index contributed by atoms with van der Waals surface area (Å²) in [6.45, 7) is 5.40. The molecule has 1 fully saturated rings. The molecule has 254 valence electrons. The standard InChI is InChI=1S/C31H40N6O10/c1-18(38)33-15-22(27(41)35-17-24(40)34-16-23-26(45-23)29(43)46-25-7-5-6-14-32-25)36-28(42)21(37-30(44)47-31(2,3)4)13-10-19-8-11-20(39)12-9-19/h5-9,11-12,14,21-23,26,39H,10,13,15-17H2,1-4H3,(H,33,38)(H,34,40)(H,35,41)(H,36,42)(H,37,44). The number of amides is 5. The van der Waals surface area contributed by atoms with E-state index in [4.69, 9.17) is 14.2 Å². The summed E-state index contributed by atoms with van der Waals surface area (Å²) in [7, 11) is 0. The Hall–Kier alpha value is -5.25. The third kappa shape index (κ3) is 13.3. The summed E-state index contributed by atoms with van der Waals surface area (Å²) in [6.07, 6.45) is -0.452. The number of hydrogen-bond donors (Lipinski definition) is 6. The highest BCUT2D eigenvalue weighted by molar-refractivity contribution is 5.93. The third-order valence-electron chi connectivity index (χ3n) is 6.43. The molecule has 4 unspecified atom stereocenters. The molecule has 2 aromatic rings. The predicted molar refractivity (Wildman–Crippen MR) is 165 cm³/mol. The highest BCUT2D eigenvalue weighted by atomic mass is 16.6. The van der Waals surface area contributed by atoms with Gasteiger partial charge in [0.1, 0.15) is 29.5 Å². The Morgan fingerprint density at radius 1 is 0.936 bits per heavy atom. The molecule has 0 bridgehead atoms. The molecule has 1 aliphatic rings. The molecule has 6 N–H and O–H groups in total. The topological polar surface area (TPSA) is 227 Å². The van der Waals surface area contributed by atoms with Gasteiger partial charge in [0.15, 0.2) is 6.10 Å². The van der Waals surface area contributed by atoms with Gasteiger partial charge in [-0.15, -0.1) is 0 Å². The zero-order chi connectivity index (χ0) is 34.6. The van der Waals surface area contributed by atoms with Gasteiger partial charge in [-0.05, 0) is 57.4 Å². The second-order valence-corrected chi connectivity index (χ2v) is 11.6. The van der Waals surface area contributed by atoms with Crippen molar-refractivity contribution < 1.29 is 48.1 Å². The van der Waals surface area contributed by atoms with Gasteiger partial charge in [0.05, 0.1) is 6.54 Å². The zero-order valence-corrected chi connectivity index (χ0v) is 26.5. The van der Waals surface area contributed by atoms with Crippen molar-refractivity contribution in [3.63, 3.8) is 0 Å². The van der Waals surface area contributed by atoms with Gasteiger partial charge in [-0.3, -0.25) is 19.2 Å². The number of carbonyl (C=O) groups is 6. The van der Waals surface area contributed by atoms with Crippen LogP contribution in [0.15, 0.2) is 48.7 Å². The second-order valence-electron chi connectivity index (χ2n) is 11.6. The minimum Gasteiger partial charge on any atom is -0.508 e. The lowest BCUT2D eigenvalue weighted by molar-refractivity contribution is -0.136. The first-order chi connectivity index (χ1) is 22.2. The molecule has 47 heavy (non-hydrogen) atoms. The van der Waals surface area contributed by atoms with Gasteiger partial charge in [0.25, 0.3) is 0 Å². The minimum absolute atomic E-state index is 0.0260. The van der Waals surface area contributed by atoms with Crippen molar-refractivity contribution >= 4 is 35.7 Å². The van der Waals surface area contributed by atoms with Crippen LogP contribution in [0.4, 0.5) is 4.79 Å². The third-order valence-corrected chi connectivity index (χ3v) is 6.43. The maximum atomic E-state index is 13.4. The molecule has 0 spiro atoms. The summed E-state index contributed by atoms with van der Waals surface area (Å²) >= 11 is 0. The molecular formula is C31H40N6O10. The molecule has 3 rings (SSSR count). The fourth-order valence-corrected chi connectivity index (χ4v) is 4.06. The van der Waals surface area contributed by atoms with Crippen molar-refractivity contribution in [2.45, 2.75) is 70.4 Å². The Labute approximate surface area is 271 Å². The van der Waals surface area contributed by atoms with E-state index < -0.39 is 72.1 Å². The van der Waals surface area contributed by atoms with Crippen LogP contribution in [0, 0.1) is 0 Å². The van der Waals surface area contributed by atoms with Crippen LogP contribution in [-0.2, 0) is 39.9 Å². The number of rotatable bonds is 15. The summed E-state index contributed by atoms with van der Waals surface area (Å²) in [5, 5.41) is 22.0. The average Bonchev–Trinajstić information content (AvgIpc) is 3.79. The number of carbonyl (C=O) groups excluding carboxylic acids is 6. The lowest BCUT2D eigenvalue weighted by Gasteiger charge is -2.25. The van der Waals surface area contributed by atoms with Crippen LogP contribution in [0.2, 0.25) is 0 Å². The summed E-state index contributed by atoms with van der Waals surface area (Å²) < 4.78 is 15.6. The van der Waals surface area contributed by atoms with Gasteiger partial charge in [0.2, 0.25) is 29.5 Å². The van der Waals surface area contributed by atoms with Crippen LogP contribution >= 0.6 is 0 Å². The number of phenols is 1. The molecule has 16 nitrogen and oxygen atoms in total. The number of aromatic nitrogens is 1. The second kappa shape index (κ2) is 16.9. The number of benzene rings is 1. The average molecular weight is 657 g/mol. The summed E-state index contributed by atoms with van der Waals surface area (Å²) in [6, 6.07) is 8.68. The fourth-order valence-electron chi connectivity index (χ4n) is 4.06. The van der Waals surface area contributed by atoms with Gasteiger partial charge in [0, 0.05) is 32.3 Å². The lowest BCUT2D eigenvalue weighted by atomic mass is 10.0. The van der Waals surface area contributed by atoms with Gasteiger partial charge < -0.3 is 45.9 Å². The van der Waals surface area contributed by atoms with Gasteiger partial charge in [-0.2, -0.15) is 0 Å². The van der Waals surface area contributed by atoms with Crippen LogP contribution in [-0.4, -0.2) is 95.3 Å². The Morgan fingerprint density at radius 3 is 2.30 bits per heavy atom. The van der Waals surface area contributed by atoms with E-state index in [9.17, 15) is 33.9 Å². The zero-order valence-electron chi connectivity index (χ0n) is 26.5. The fraction of sp³-hybridized carbons (Fsp3) is 0.452. The van der Waals surface area contributed by atoms with E-state index in [-0.39, 0.29) is 31.1 Å². The first-order valence-corrected chi connectivity index (χ1v) is 14.8. The number of ether oxygens (including phenoxy) is 3. The van der Waals surface area contributed by atoms with E-state index >= 15 is 0 Å². The van der Waals surface area contributed by atoms with Crippen molar-refractivity contribution in [3.8, 4) is 11.6 Å². The molecule has 4 atom stereocenters. The van der Waals surface area contributed by atoms with Crippen LogP contribution in [0.1, 0.15) is 39.7 Å². The normalized spacial score (nSPS) is 16.4. The molecule has 0 radical (unpaired) electrons. The first-order valence-electron chi connectivity index (χ1n) is 14.8. The SMILES string of the molecule is CC(=O)NCC(NC(=O)C(CCc1ccc(O)cc1)NC(=O)OC(C)(C)C)C(=O)NCC(=O)NCC1OC1C(=O)Oc1ccccn1. The first kappa shape index (κ1) is 36.2. The highest BCUT2D eigenvalue weighted by Crippen LogP contribution is 2.23. The van der Waals surface area contributed by atoms with Crippen LogP contribution in [0.25, 0.3) is 0 Å². The van der Waals surface area contributed by atoms with Crippen LogP contribution in [0.3, 0.4) is 0 Å². The molecular weight excluding hydrogens is 616 g/mol. The number of aromatic hydroxyl groups is 1. The monoisotopic (exact) mass is 656 g/mol. The van der Waals surface area contributed by atoms with Gasteiger partial charge in [-0.1, -0.05) is 18.2 Å². The number of pyridine rings is 1. The summed E-state index contributed by atoms with van der Waals surface area (Å²) in [5.74, 6) is -3.06.